The molecule has 1 heterocycles. The van der Waals surface area contributed by atoms with Gasteiger partial charge in [-0.1, -0.05) is 76.7 Å². The Labute approximate surface area is 164 Å². The molecule has 0 aliphatic heterocycles. The fourth-order valence-electron chi connectivity index (χ4n) is 1.93. The van der Waals surface area contributed by atoms with Gasteiger partial charge in [0.1, 0.15) is 5.15 Å². The van der Waals surface area contributed by atoms with Crippen LogP contribution in [0.15, 0.2) is 30.3 Å². The van der Waals surface area contributed by atoms with Crippen molar-refractivity contribution in [3.05, 3.63) is 61.8 Å². The minimum Gasteiger partial charge on any atom is -0.451 e. The second kappa shape index (κ2) is 8.72. The lowest BCUT2D eigenvalue weighted by Crippen LogP contribution is -2.31. The molecule has 132 valence electrons. The first-order chi connectivity index (χ1) is 11.8. The molecule has 0 aliphatic carbocycles. The fraction of sp³-hybridized carbons (Fsp3) is 0.188. The van der Waals surface area contributed by atoms with E-state index in [0.717, 1.165) is 5.56 Å². The summed E-state index contributed by atoms with van der Waals surface area (Å²) in [7, 11) is 0. The lowest BCUT2D eigenvalue weighted by Gasteiger charge is -2.14. The third-order valence-electron chi connectivity index (χ3n) is 3.19. The van der Waals surface area contributed by atoms with E-state index in [2.05, 4.69) is 10.3 Å². The van der Waals surface area contributed by atoms with Gasteiger partial charge in [0.05, 0.1) is 21.1 Å². The number of carbonyl (C=O) groups excluding carboxylic acids is 2. The zero-order valence-electron chi connectivity index (χ0n) is 12.9. The molecule has 1 aromatic carbocycles. The summed E-state index contributed by atoms with van der Waals surface area (Å²) in [5.74, 6) is -1.42. The number of nitrogens with zero attached hydrogens (tertiary/aromatic N) is 1. The van der Waals surface area contributed by atoms with Crippen molar-refractivity contribution in [2.45, 2.75) is 13.0 Å². The number of hydrogen-bond donors (Lipinski definition) is 1. The van der Waals surface area contributed by atoms with Gasteiger partial charge in [0.25, 0.3) is 5.91 Å². The van der Waals surface area contributed by atoms with Crippen molar-refractivity contribution in [2.75, 3.05) is 6.61 Å². The maximum Gasteiger partial charge on any atom is 0.359 e. The van der Waals surface area contributed by atoms with Gasteiger partial charge in [0.15, 0.2) is 12.3 Å². The highest BCUT2D eigenvalue weighted by Crippen LogP contribution is 2.36. The van der Waals surface area contributed by atoms with Crippen LogP contribution in [0, 0.1) is 0 Å². The smallest absolute Gasteiger partial charge is 0.359 e. The minimum atomic E-state index is -0.937. The number of pyridine rings is 1. The molecule has 0 radical (unpaired) electrons. The fourth-order valence-corrected chi connectivity index (χ4v) is 2.74. The molecule has 2 aromatic rings. The normalized spacial score (nSPS) is 11.7. The van der Waals surface area contributed by atoms with Crippen molar-refractivity contribution < 1.29 is 14.3 Å². The lowest BCUT2D eigenvalue weighted by atomic mass is 10.1. The maximum absolute atomic E-state index is 12.0. The molecule has 0 saturated heterocycles. The van der Waals surface area contributed by atoms with Crippen LogP contribution in [0.1, 0.15) is 29.0 Å². The third-order valence-corrected chi connectivity index (χ3v) is 4.87. The summed E-state index contributed by atoms with van der Waals surface area (Å²) >= 11 is 23.3. The highest BCUT2D eigenvalue weighted by molar-refractivity contribution is 6.52. The zero-order chi connectivity index (χ0) is 18.6. The Balaban J connectivity index is 1.97. The molecule has 1 N–H and O–H groups in total. The molecule has 0 fully saturated rings. The van der Waals surface area contributed by atoms with Gasteiger partial charge in [-0.05, 0) is 12.5 Å². The van der Waals surface area contributed by atoms with Crippen LogP contribution in [0.3, 0.4) is 0 Å². The van der Waals surface area contributed by atoms with E-state index in [0.29, 0.717) is 0 Å². The highest BCUT2D eigenvalue weighted by atomic mass is 35.5. The molecule has 0 aliphatic rings. The first-order valence-corrected chi connectivity index (χ1v) is 8.53. The molecular formula is C16H12Cl4N2O3. The van der Waals surface area contributed by atoms with Crippen molar-refractivity contribution in [1.82, 2.24) is 10.3 Å². The molecule has 5 nitrogen and oxygen atoms in total. The van der Waals surface area contributed by atoms with E-state index in [4.69, 9.17) is 51.1 Å². The largest absolute Gasteiger partial charge is 0.451 e. The molecular weight excluding hydrogens is 410 g/mol. The van der Waals surface area contributed by atoms with Gasteiger partial charge in [0, 0.05) is 0 Å². The van der Waals surface area contributed by atoms with E-state index in [9.17, 15) is 9.59 Å². The van der Waals surface area contributed by atoms with Crippen LogP contribution in [-0.2, 0) is 9.53 Å². The van der Waals surface area contributed by atoms with E-state index < -0.39 is 18.5 Å². The van der Waals surface area contributed by atoms with E-state index in [1.165, 1.54) is 0 Å². The van der Waals surface area contributed by atoms with Gasteiger partial charge in [-0.2, -0.15) is 0 Å². The predicted octanol–water partition coefficient (Wildman–Crippen LogP) is 4.73. The first-order valence-electron chi connectivity index (χ1n) is 7.02. The number of halogens is 4. The number of esters is 1. The summed E-state index contributed by atoms with van der Waals surface area (Å²) in [5, 5.41) is 2.14. The molecule has 1 amide bonds. The molecule has 1 unspecified atom stereocenters. The number of benzene rings is 1. The molecule has 0 spiro atoms. The van der Waals surface area contributed by atoms with Gasteiger partial charge in [-0.3, -0.25) is 4.79 Å². The Morgan fingerprint density at radius 2 is 1.72 bits per heavy atom. The third kappa shape index (κ3) is 4.98. The van der Waals surface area contributed by atoms with Crippen LogP contribution in [0.2, 0.25) is 20.2 Å². The van der Waals surface area contributed by atoms with E-state index in [1.54, 1.807) is 0 Å². The second-order valence-corrected chi connectivity index (χ2v) is 6.46. The van der Waals surface area contributed by atoms with Crippen molar-refractivity contribution in [3.63, 3.8) is 0 Å². The van der Waals surface area contributed by atoms with Crippen LogP contribution < -0.4 is 5.32 Å². The minimum absolute atomic E-state index is 0.0701. The topological polar surface area (TPSA) is 68.3 Å². The van der Waals surface area contributed by atoms with Gasteiger partial charge in [-0.15, -0.1) is 0 Å². The van der Waals surface area contributed by atoms with E-state index in [-0.39, 0.29) is 32.0 Å². The van der Waals surface area contributed by atoms with Gasteiger partial charge in [0.2, 0.25) is 0 Å². The second-order valence-electron chi connectivity index (χ2n) is 4.97. The zero-order valence-corrected chi connectivity index (χ0v) is 15.9. The quantitative estimate of drug-likeness (QED) is 0.559. The van der Waals surface area contributed by atoms with Gasteiger partial charge < -0.3 is 10.1 Å². The van der Waals surface area contributed by atoms with Crippen LogP contribution >= 0.6 is 46.4 Å². The monoisotopic (exact) mass is 420 g/mol. The average Bonchev–Trinajstić information content (AvgIpc) is 2.61. The predicted molar refractivity (Wildman–Crippen MR) is 97.6 cm³/mol. The summed E-state index contributed by atoms with van der Waals surface area (Å²) in [6.07, 6.45) is 0. The van der Waals surface area contributed by atoms with Crippen molar-refractivity contribution in [2.24, 2.45) is 0 Å². The first kappa shape index (κ1) is 19.8. The average molecular weight is 422 g/mol. The van der Waals surface area contributed by atoms with Crippen LogP contribution in [0.4, 0.5) is 0 Å². The molecule has 9 heteroatoms. The Morgan fingerprint density at radius 3 is 2.36 bits per heavy atom. The Kier molecular flexibility index (Phi) is 6.90. The summed E-state index contributed by atoms with van der Waals surface area (Å²) in [4.78, 5) is 27.7. The number of nitrogens with one attached hydrogen (secondary N) is 1. The van der Waals surface area contributed by atoms with Gasteiger partial charge >= 0.3 is 5.97 Å². The lowest BCUT2D eigenvalue weighted by molar-refractivity contribution is -0.124. The van der Waals surface area contributed by atoms with Crippen molar-refractivity contribution in [3.8, 4) is 0 Å². The van der Waals surface area contributed by atoms with Crippen LogP contribution in [0.25, 0.3) is 0 Å². The van der Waals surface area contributed by atoms with E-state index >= 15 is 0 Å². The number of rotatable bonds is 5. The maximum atomic E-state index is 12.0. The molecule has 1 aromatic heterocycles. The van der Waals surface area contributed by atoms with E-state index in [1.807, 2.05) is 37.3 Å². The Bertz CT molecular complexity index is 800. The van der Waals surface area contributed by atoms with Crippen LogP contribution in [-0.4, -0.2) is 23.5 Å². The Hall–Kier alpha value is -1.53. The molecule has 0 saturated carbocycles. The number of aromatic nitrogens is 1. The van der Waals surface area contributed by atoms with Gasteiger partial charge in [-0.25, -0.2) is 9.78 Å². The molecule has 1 atom stereocenters. The standard InChI is InChI=1S/C16H12Cl4N2O3/c1-8(9-5-3-2-4-6-9)21-10(23)7-25-16(24)14-12(18)11(17)13(19)15(20)22-14/h2-6,8H,7H2,1H3,(H,21,23). The molecule has 25 heavy (non-hydrogen) atoms. The van der Waals surface area contributed by atoms with Crippen LogP contribution in [0.5, 0.6) is 0 Å². The van der Waals surface area contributed by atoms with Crippen molar-refractivity contribution >= 4 is 58.3 Å². The summed E-state index contributed by atoms with van der Waals surface area (Å²) in [6, 6.07) is 9.10. The highest BCUT2D eigenvalue weighted by Gasteiger charge is 2.22. The molecule has 2 rings (SSSR count). The SMILES string of the molecule is CC(NC(=O)COC(=O)c1nc(Cl)c(Cl)c(Cl)c1Cl)c1ccccc1. The summed E-state index contributed by atoms with van der Waals surface area (Å²) in [6.45, 7) is 1.30. The number of hydrogen-bond acceptors (Lipinski definition) is 4. The Morgan fingerprint density at radius 1 is 1.08 bits per heavy atom. The summed E-state index contributed by atoms with van der Waals surface area (Å²) < 4.78 is 4.90. The number of amides is 1. The number of ether oxygens (including phenoxy) is 1. The molecule has 0 bridgehead atoms. The van der Waals surface area contributed by atoms with Crippen molar-refractivity contribution in [1.29, 1.82) is 0 Å². The number of carbonyl (C=O) groups is 2. The summed E-state index contributed by atoms with van der Waals surface area (Å²) in [5.41, 5.74) is 0.605.